The van der Waals surface area contributed by atoms with Crippen LogP contribution in [0.4, 0.5) is 11.4 Å². The first-order chi connectivity index (χ1) is 10.9. The number of hydrogen-bond acceptors (Lipinski definition) is 4. The molecular formula is C17H24N4O2. The van der Waals surface area contributed by atoms with Crippen LogP contribution in [0, 0.1) is 13.8 Å². The molecule has 2 N–H and O–H groups in total. The molecule has 124 valence electrons. The highest BCUT2D eigenvalue weighted by Crippen LogP contribution is 2.20. The number of amides is 1. The highest BCUT2D eigenvalue weighted by molar-refractivity contribution is 5.97. The fraction of sp³-hybridized carbons (Fsp3) is 0.412. The molecule has 0 saturated carbocycles. The van der Waals surface area contributed by atoms with Gasteiger partial charge in [-0.15, -0.1) is 0 Å². The molecule has 1 unspecified atom stereocenters. The number of rotatable bonds is 6. The van der Waals surface area contributed by atoms with Crippen molar-refractivity contribution in [2.45, 2.75) is 33.7 Å². The van der Waals surface area contributed by atoms with Gasteiger partial charge in [0.15, 0.2) is 0 Å². The minimum atomic E-state index is -0.369. The normalized spacial score (nSPS) is 11.9. The third-order valence-corrected chi connectivity index (χ3v) is 3.70. The molecule has 0 spiro atoms. The Balaban J connectivity index is 1.99. The molecule has 0 aliphatic heterocycles. The van der Waals surface area contributed by atoms with E-state index < -0.39 is 0 Å². The summed E-state index contributed by atoms with van der Waals surface area (Å²) in [6.07, 6.45) is 0. The van der Waals surface area contributed by atoms with Gasteiger partial charge >= 0.3 is 0 Å². The number of benzene rings is 1. The van der Waals surface area contributed by atoms with Crippen molar-refractivity contribution in [3.05, 3.63) is 35.7 Å². The third-order valence-electron chi connectivity index (χ3n) is 3.70. The van der Waals surface area contributed by atoms with Gasteiger partial charge in [-0.1, -0.05) is 0 Å². The summed E-state index contributed by atoms with van der Waals surface area (Å²) in [7, 11) is 1.86. The Labute approximate surface area is 136 Å². The lowest BCUT2D eigenvalue weighted by Crippen LogP contribution is -2.32. The van der Waals surface area contributed by atoms with Gasteiger partial charge in [-0.3, -0.25) is 9.48 Å². The van der Waals surface area contributed by atoms with Crippen LogP contribution >= 0.6 is 0 Å². The molecule has 1 atom stereocenters. The van der Waals surface area contributed by atoms with Crippen LogP contribution in [0.1, 0.15) is 25.2 Å². The van der Waals surface area contributed by atoms with Crippen molar-refractivity contribution in [1.29, 1.82) is 0 Å². The minimum Gasteiger partial charge on any atom is -0.494 e. The number of hydrogen-bond donors (Lipinski definition) is 2. The summed E-state index contributed by atoms with van der Waals surface area (Å²) < 4.78 is 7.16. The second-order valence-electron chi connectivity index (χ2n) is 5.48. The lowest BCUT2D eigenvalue weighted by Gasteiger charge is -2.16. The summed E-state index contributed by atoms with van der Waals surface area (Å²) in [6, 6.07) is 7.19. The number of nitrogens with zero attached hydrogens (tertiary/aromatic N) is 2. The van der Waals surface area contributed by atoms with E-state index in [1.165, 1.54) is 0 Å². The Morgan fingerprint density at radius 1 is 1.30 bits per heavy atom. The quantitative estimate of drug-likeness (QED) is 0.860. The molecule has 6 nitrogen and oxygen atoms in total. The standard InChI is InChI=1S/C17H24N4O2/c1-6-23-15-9-7-14(8-10-15)18-12(3)17(22)19-16-11(2)20-21(5)13(16)4/h7-10,12,18H,6H2,1-5H3,(H,19,22). The molecular weight excluding hydrogens is 292 g/mol. The maximum Gasteiger partial charge on any atom is 0.246 e. The molecule has 2 aromatic rings. The van der Waals surface area contributed by atoms with E-state index in [4.69, 9.17) is 4.74 Å². The van der Waals surface area contributed by atoms with E-state index in [1.807, 2.05) is 59.0 Å². The highest BCUT2D eigenvalue weighted by atomic mass is 16.5. The van der Waals surface area contributed by atoms with Crippen molar-refractivity contribution >= 4 is 17.3 Å². The van der Waals surface area contributed by atoms with Crippen molar-refractivity contribution in [2.75, 3.05) is 17.2 Å². The number of aromatic nitrogens is 2. The summed E-state index contributed by atoms with van der Waals surface area (Å²) >= 11 is 0. The van der Waals surface area contributed by atoms with Crippen LogP contribution in [0.25, 0.3) is 0 Å². The Bertz CT molecular complexity index is 677. The molecule has 1 aromatic carbocycles. The molecule has 0 aliphatic carbocycles. The molecule has 1 aromatic heterocycles. The summed E-state index contributed by atoms with van der Waals surface area (Å²) in [5.74, 6) is 0.717. The van der Waals surface area contributed by atoms with E-state index in [-0.39, 0.29) is 11.9 Å². The predicted octanol–water partition coefficient (Wildman–Crippen LogP) is 2.87. The zero-order chi connectivity index (χ0) is 17.0. The number of nitrogens with one attached hydrogen (secondary N) is 2. The smallest absolute Gasteiger partial charge is 0.246 e. The maximum absolute atomic E-state index is 12.4. The first kappa shape index (κ1) is 16.9. The largest absolute Gasteiger partial charge is 0.494 e. The first-order valence-corrected chi connectivity index (χ1v) is 7.72. The second kappa shape index (κ2) is 7.17. The van der Waals surface area contributed by atoms with Crippen molar-refractivity contribution in [3.8, 4) is 5.75 Å². The first-order valence-electron chi connectivity index (χ1n) is 7.72. The molecule has 0 fully saturated rings. The predicted molar refractivity (Wildman–Crippen MR) is 92.0 cm³/mol. The van der Waals surface area contributed by atoms with Crippen LogP contribution in [0.3, 0.4) is 0 Å². The Kier molecular flexibility index (Phi) is 5.26. The van der Waals surface area contributed by atoms with Crippen LogP contribution in [-0.4, -0.2) is 28.3 Å². The van der Waals surface area contributed by atoms with E-state index in [0.29, 0.717) is 6.61 Å². The van der Waals surface area contributed by atoms with Crippen LogP contribution in [0.2, 0.25) is 0 Å². The minimum absolute atomic E-state index is 0.0990. The molecule has 6 heteroatoms. The average molecular weight is 316 g/mol. The Hall–Kier alpha value is -2.50. The zero-order valence-electron chi connectivity index (χ0n) is 14.3. The fourth-order valence-electron chi connectivity index (χ4n) is 2.32. The van der Waals surface area contributed by atoms with Crippen molar-refractivity contribution < 1.29 is 9.53 Å². The summed E-state index contributed by atoms with van der Waals surface area (Å²) in [5.41, 5.74) is 3.39. The van der Waals surface area contributed by atoms with E-state index >= 15 is 0 Å². The fourth-order valence-corrected chi connectivity index (χ4v) is 2.32. The van der Waals surface area contributed by atoms with E-state index in [9.17, 15) is 4.79 Å². The van der Waals surface area contributed by atoms with Gasteiger partial charge in [0.2, 0.25) is 5.91 Å². The number of anilines is 2. The van der Waals surface area contributed by atoms with Gasteiger partial charge in [-0.2, -0.15) is 5.10 Å². The molecule has 0 saturated heterocycles. The van der Waals surface area contributed by atoms with Gasteiger partial charge in [0.25, 0.3) is 0 Å². The summed E-state index contributed by atoms with van der Waals surface area (Å²) in [5, 5.41) is 10.4. The summed E-state index contributed by atoms with van der Waals surface area (Å²) in [4.78, 5) is 12.4. The van der Waals surface area contributed by atoms with Gasteiger partial charge in [0, 0.05) is 12.7 Å². The van der Waals surface area contributed by atoms with E-state index in [1.54, 1.807) is 4.68 Å². The maximum atomic E-state index is 12.4. The Morgan fingerprint density at radius 2 is 1.96 bits per heavy atom. The van der Waals surface area contributed by atoms with Crippen molar-refractivity contribution in [2.24, 2.45) is 7.05 Å². The van der Waals surface area contributed by atoms with Gasteiger partial charge in [0.05, 0.1) is 23.7 Å². The molecule has 0 aliphatic rings. The lowest BCUT2D eigenvalue weighted by molar-refractivity contribution is -0.116. The number of carbonyl (C=O) groups is 1. The molecule has 1 amide bonds. The average Bonchev–Trinajstić information content (AvgIpc) is 2.76. The topological polar surface area (TPSA) is 68.2 Å². The number of carbonyl (C=O) groups excluding carboxylic acids is 1. The monoisotopic (exact) mass is 316 g/mol. The van der Waals surface area contributed by atoms with Gasteiger partial charge in [-0.05, 0) is 52.0 Å². The molecule has 0 bridgehead atoms. The van der Waals surface area contributed by atoms with Crippen LogP contribution in [0.15, 0.2) is 24.3 Å². The van der Waals surface area contributed by atoms with E-state index in [2.05, 4.69) is 15.7 Å². The van der Waals surface area contributed by atoms with Gasteiger partial charge in [0.1, 0.15) is 11.8 Å². The van der Waals surface area contributed by atoms with Crippen molar-refractivity contribution in [3.63, 3.8) is 0 Å². The molecule has 23 heavy (non-hydrogen) atoms. The lowest BCUT2D eigenvalue weighted by atomic mass is 10.2. The number of aryl methyl sites for hydroxylation is 2. The highest BCUT2D eigenvalue weighted by Gasteiger charge is 2.17. The van der Waals surface area contributed by atoms with E-state index in [0.717, 1.165) is 28.5 Å². The van der Waals surface area contributed by atoms with Crippen LogP contribution < -0.4 is 15.4 Å². The summed E-state index contributed by atoms with van der Waals surface area (Å²) in [6.45, 7) is 8.22. The van der Waals surface area contributed by atoms with Crippen LogP contribution in [0.5, 0.6) is 5.75 Å². The third kappa shape index (κ3) is 4.03. The van der Waals surface area contributed by atoms with Gasteiger partial charge in [-0.25, -0.2) is 0 Å². The van der Waals surface area contributed by atoms with Crippen molar-refractivity contribution in [1.82, 2.24) is 9.78 Å². The second-order valence-corrected chi connectivity index (χ2v) is 5.48. The molecule has 0 radical (unpaired) electrons. The van der Waals surface area contributed by atoms with Crippen LogP contribution in [-0.2, 0) is 11.8 Å². The number of ether oxygens (including phenoxy) is 1. The molecule has 2 rings (SSSR count). The van der Waals surface area contributed by atoms with Gasteiger partial charge < -0.3 is 15.4 Å². The molecule has 1 heterocycles. The zero-order valence-corrected chi connectivity index (χ0v) is 14.3. The SMILES string of the molecule is CCOc1ccc(NC(C)C(=O)Nc2c(C)nn(C)c2C)cc1. The Morgan fingerprint density at radius 3 is 2.48 bits per heavy atom.